The summed E-state index contributed by atoms with van der Waals surface area (Å²) in [6, 6.07) is 13.6. The lowest BCUT2D eigenvalue weighted by Crippen LogP contribution is -2.38. The fourth-order valence-corrected chi connectivity index (χ4v) is 3.77. The Morgan fingerprint density at radius 1 is 1.19 bits per heavy atom. The van der Waals surface area contributed by atoms with Crippen molar-refractivity contribution in [3.8, 4) is 11.5 Å². The lowest BCUT2D eigenvalue weighted by atomic mass is 9.77. The van der Waals surface area contributed by atoms with Crippen molar-refractivity contribution in [3.05, 3.63) is 65.7 Å². The Hall–Kier alpha value is -2.59. The second-order valence-corrected chi connectivity index (χ2v) is 7.05. The molecule has 0 saturated heterocycles. The number of ketones is 1. The summed E-state index contributed by atoms with van der Waals surface area (Å²) in [5.74, 6) is 1.18. The first kappa shape index (κ1) is 19.2. The van der Waals surface area contributed by atoms with Gasteiger partial charge in [-0.15, -0.1) is 0 Å². The minimum absolute atomic E-state index is 0.107. The molecule has 0 aromatic heterocycles. The predicted octanol–water partition coefficient (Wildman–Crippen LogP) is 4.27. The zero-order chi connectivity index (χ0) is 19.4. The van der Waals surface area contributed by atoms with Gasteiger partial charge < -0.3 is 15.2 Å². The van der Waals surface area contributed by atoms with Gasteiger partial charge in [0.1, 0.15) is 0 Å². The van der Waals surface area contributed by atoms with Crippen LogP contribution in [0, 0.1) is 5.92 Å². The van der Waals surface area contributed by atoms with Crippen LogP contribution in [0.25, 0.3) is 5.57 Å². The summed E-state index contributed by atoms with van der Waals surface area (Å²) >= 11 is 0. The van der Waals surface area contributed by atoms with Crippen molar-refractivity contribution in [1.29, 1.82) is 0 Å². The molecule has 3 rings (SSSR count). The van der Waals surface area contributed by atoms with Crippen molar-refractivity contribution in [2.24, 2.45) is 11.7 Å². The molecular weight excluding hydrogens is 338 g/mol. The first-order valence-corrected chi connectivity index (χ1v) is 9.33. The molecule has 0 fully saturated rings. The highest BCUT2D eigenvalue weighted by molar-refractivity contribution is 6.01. The molecule has 2 unspecified atom stereocenters. The van der Waals surface area contributed by atoms with Gasteiger partial charge in [-0.2, -0.15) is 0 Å². The van der Waals surface area contributed by atoms with Crippen molar-refractivity contribution in [2.45, 2.75) is 31.7 Å². The Balaban J connectivity index is 1.70. The van der Waals surface area contributed by atoms with E-state index < -0.39 is 0 Å². The fraction of sp³-hybridized carbons (Fsp3) is 0.348. The van der Waals surface area contributed by atoms with Crippen LogP contribution in [0.2, 0.25) is 0 Å². The number of rotatable bonds is 7. The van der Waals surface area contributed by atoms with Crippen LogP contribution in [-0.4, -0.2) is 26.0 Å². The number of methoxy groups -OCH3 is 2. The average molecular weight is 365 g/mol. The van der Waals surface area contributed by atoms with E-state index in [2.05, 4.69) is 18.7 Å². The number of Topliss-reactive ketones (excluding diaryl/α,β-unsaturated/α-hetero) is 1. The monoisotopic (exact) mass is 365 g/mol. The quantitative estimate of drug-likeness (QED) is 0.796. The molecule has 2 N–H and O–H groups in total. The maximum atomic E-state index is 13.0. The molecule has 4 nitrogen and oxygen atoms in total. The number of fused-ring (bicyclic) bond motifs is 1. The van der Waals surface area contributed by atoms with Crippen LogP contribution in [0.3, 0.4) is 0 Å². The third kappa shape index (κ3) is 4.06. The fourth-order valence-electron chi connectivity index (χ4n) is 3.77. The van der Waals surface area contributed by atoms with Crippen LogP contribution in [0.5, 0.6) is 11.5 Å². The highest BCUT2D eigenvalue weighted by Crippen LogP contribution is 2.36. The van der Waals surface area contributed by atoms with Crippen molar-refractivity contribution in [3.63, 3.8) is 0 Å². The number of nitrogens with two attached hydrogens (primary N) is 1. The van der Waals surface area contributed by atoms with Crippen LogP contribution in [0.15, 0.2) is 49.0 Å². The normalized spacial score (nSPS) is 17.1. The van der Waals surface area contributed by atoms with Gasteiger partial charge in [0, 0.05) is 17.5 Å². The summed E-state index contributed by atoms with van der Waals surface area (Å²) in [5, 5.41) is 0. The molecule has 2 atom stereocenters. The topological polar surface area (TPSA) is 61.6 Å². The third-order valence-electron chi connectivity index (χ3n) is 5.41. The van der Waals surface area contributed by atoms with E-state index >= 15 is 0 Å². The molecule has 0 saturated carbocycles. The molecule has 2 aromatic carbocycles. The van der Waals surface area contributed by atoms with Gasteiger partial charge in [-0.1, -0.05) is 36.9 Å². The third-order valence-corrected chi connectivity index (χ3v) is 5.41. The molecule has 0 radical (unpaired) electrons. The zero-order valence-corrected chi connectivity index (χ0v) is 16.0. The number of carbonyl (C=O) groups is 1. The number of ether oxygens (including phenoxy) is 2. The second kappa shape index (κ2) is 8.40. The van der Waals surface area contributed by atoms with Crippen LogP contribution < -0.4 is 15.2 Å². The number of aryl methyl sites for hydroxylation is 1. The Morgan fingerprint density at radius 2 is 1.85 bits per heavy atom. The Morgan fingerprint density at radius 3 is 2.52 bits per heavy atom. The molecule has 4 heteroatoms. The van der Waals surface area contributed by atoms with Gasteiger partial charge in [-0.05, 0) is 54.5 Å². The number of hydrogen-bond donors (Lipinski definition) is 1. The van der Waals surface area contributed by atoms with Crippen LogP contribution in [-0.2, 0) is 6.42 Å². The van der Waals surface area contributed by atoms with Crippen LogP contribution in [0.1, 0.15) is 40.7 Å². The molecule has 0 aliphatic heterocycles. The minimum atomic E-state index is -0.181. The maximum absolute atomic E-state index is 13.0. The molecule has 1 aliphatic rings. The molecule has 0 amide bonds. The molecule has 0 bridgehead atoms. The predicted molar refractivity (Wildman–Crippen MR) is 108 cm³/mol. The molecule has 2 aromatic rings. The van der Waals surface area contributed by atoms with Gasteiger partial charge >= 0.3 is 0 Å². The number of carbonyl (C=O) groups excluding carboxylic acids is 1. The summed E-state index contributed by atoms with van der Waals surface area (Å²) in [6.07, 6.45) is 3.11. The van der Waals surface area contributed by atoms with E-state index in [0.717, 1.165) is 42.4 Å². The number of benzene rings is 2. The van der Waals surface area contributed by atoms with Gasteiger partial charge in [0.25, 0.3) is 0 Å². The summed E-state index contributed by atoms with van der Waals surface area (Å²) < 4.78 is 10.7. The summed E-state index contributed by atoms with van der Waals surface area (Å²) in [6.45, 7) is 4.17. The smallest absolute Gasteiger partial charge is 0.167 e. The molecular formula is C23H27NO3. The lowest BCUT2D eigenvalue weighted by Gasteiger charge is -2.29. The SMILES string of the molecule is C=C(CCC(N)C1CCc2cc(OC)c(OC)cc2C1=O)c1ccccc1. The van der Waals surface area contributed by atoms with E-state index in [-0.39, 0.29) is 17.7 Å². The van der Waals surface area contributed by atoms with E-state index in [0.29, 0.717) is 17.1 Å². The number of hydrogen-bond acceptors (Lipinski definition) is 4. The highest BCUT2D eigenvalue weighted by Gasteiger charge is 2.32. The van der Waals surface area contributed by atoms with Gasteiger partial charge in [-0.25, -0.2) is 0 Å². The zero-order valence-electron chi connectivity index (χ0n) is 16.0. The minimum Gasteiger partial charge on any atom is -0.493 e. The molecule has 1 aliphatic carbocycles. The van der Waals surface area contributed by atoms with E-state index in [1.165, 1.54) is 0 Å². The number of allylic oxidation sites excluding steroid dienone is 1. The molecule has 0 heterocycles. The highest BCUT2D eigenvalue weighted by atomic mass is 16.5. The lowest BCUT2D eigenvalue weighted by molar-refractivity contribution is 0.0878. The second-order valence-electron chi connectivity index (χ2n) is 7.05. The summed E-state index contributed by atoms with van der Waals surface area (Å²) in [4.78, 5) is 13.0. The first-order chi connectivity index (χ1) is 13.0. The van der Waals surface area contributed by atoms with E-state index in [1.54, 1.807) is 20.3 Å². The summed E-state index contributed by atoms with van der Waals surface area (Å²) in [7, 11) is 3.18. The maximum Gasteiger partial charge on any atom is 0.167 e. The van der Waals surface area contributed by atoms with Crippen molar-refractivity contribution in [1.82, 2.24) is 0 Å². The Kier molecular flexibility index (Phi) is 5.97. The molecule has 142 valence electrons. The van der Waals surface area contributed by atoms with Gasteiger partial charge in [0.05, 0.1) is 14.2 Å². The molecule has 27 heavy (non-hydrogen) atoms. The van der Waals surface area contributed by atoms with Crippen molar-refractivity contribution < 1.29 is 14.3 Å². The van der Waals surface area contributed by atoms with Crippen molar-refractivity contribution >= 4 is 11.4 Å². The van der Waals surface area contributed by atoms with E-state index in [9.17, 15) is 4.79 Å². The standard InChI is InChI=1S/C23H27NO3/c1-15(16-7-5-4-6-8-16)9-12-20(24)18-11-10-17-13-21(26-2)22(27-3)14-19(17)23(18)25/h4-8,13-14,18,20H,1,9-12,24H2,2-3H3. The van der Waals surface area contributed by atoms with Crippen molar-refractivity contribution in [2.75, 3.05) is 14.2 Å². The van der Waals surface area contributed by atoms with Crippen LogP contribution >= 0.6 is 0 Å². The van der Waals surface area contributed by atoms with E-state index in [1.807, 2.05) is 24.3 Å². The van der Waals surface area contributed by atoms with Gasteiger partial charge in [-0.3, -0.25) is 4.79 Å². The molecule has 0 spiro atoms. The Labute approximate surface area is 161 Å². The van der Waals surface area contributed by atoms with Gasteiger partial charge in [0.15, 0.2) is 17.3 Å². The Bertz CT molecular complexity index is 829. The van der Waals surface area contributed by atoms with Gasteiger partial charge in [0.2, 0.25) is 0 Å². The average Bonchev–Trinajstić information content (AvgIpc) is 2.71. The summed E-state index contributed by atoms with van der Waals surface area (Å²) in [5.41, 5.74) is 10.3. The van der Waals surface area contributed by atoms with E-state index in [4.69, 9.17) is 15.2 Å². The largest absolute Gasteiger partial charge is 0.493 e. The van der Waals surface area contributed by atoms with Crippen LogP contribution in [0.4, 0.5) is 0 Å². The first-order valence-electron chi connectivity index (χ1n) is 9.33.